The van der Waals surface area contributed by atoms with E-state index in [0.29, 0.717) is 36.9 Å². The number of benzene rings is 2. The third-order valence-corrected chi connectivity index (χ3v) is 7.76. The van der Waals surface area contributed by atoms with Crippen molar-refractivity contribution < 1.29 is 23.5 Å². The van der Waals surface area contributed by atoms with Crippen molar-refractivity contribution in [1.82, 2.24) is 14.9 Å². The Morgan fingerprint density at radius 2 is 1.79 bits per heavy atom. The summed E-state index contributed by atoms with van der Waals surface area (Å²) in [5.74, 6) is 1.01. The van der Waals surface area contributed by atoms with Gasteiger partial charge in [0, 0.05) is 30.0 Å². The third kappa shape index (κ3) is 6.32. The fraction of sp³-hybridized carbons (Fsp3) is 0.438. The maximum absolute atomic E-state index is 13.4. The number of amides is 1. The number of fused-ring (bicyclic) bond motifs is 1. The maximum Gasteiger partial charge on any atom is 0.411 e. The zero-order valence-electron chi connectivity index (χ0n) is 25.0. The van der Waals surface area contributed by atoms with Crippen molar-refractivity contribution in [3.05, 3.63) is 70.7 Å². The molecule has 1 unspecified atom stereocenters. The van der Waals surface area contributed by atoms with Crippen molar-refractivity contribution in [2.75, 3.05) is 23.3 Å². The molecule has 5 rings (SSSR count). The number of carbonyl (C=O) groups is 2. The molecular weight excluding hydrogens is 537 g/mol. The predicted molar refractivity (Wildman–Crippen MR) is 159 cm³/mol. The molecule has 1 fully saturated rings. The van der Waals surface area contributed by atoms with Crippen LogP contribution in [0.2, 0.25) is 0 Å². The first-order chi connectivity index (χ1) is 19.9. The Kier molecular flexibility index (Phi) is 8.08. The van der Waals surface area contributed by atoms with E-state index in [4.69, 9.17) is 14.5 Å². The van der Waals surface area contributed by atoms with E-state index in [2.05, 4.69) is 22.1 Å². The monoisotopic (exact) mass is 575 g/mol. The number of esters is 1. The number of nitrogens with zero attached hydrogens (tertiary/aromatic N) is 4. The molecule has 0 radical (unpaired) electrons. The van der Waals surface area contributed by atoms with Crippen LogP contribution in [-0.2, 0) is 16.0 Å². The van der Waals surface area contributed by atoms with Gasteiger partial charge in [0.1, 0.15) is 29.0 Å². The van der Waals surface area contributed by atoms with Crippen LogP contribution < -0.4 is 15.0 Å². The normalized spacial score (nSPS) is 18.5. The fourth-order valence-corrected chi connectivity index (χ4v) is 5.51. The Bertz CT molecular complexity index is 1490. The Labute approximate surface area is 246 Å². The lowest BCUT2D eigenvalue weighted by Crippen LogP contribution is -2.44. The average Bonchev–Trinajstić information content (AvgIpc) is 3.42. The summed E-state index contributed by atoms with van der Waals surface area (Å²) in [7, 11) is 0. The van der Waals surface area contributed by atoms with Gasteiger partial charge in [-0.25, -0.2) is 19.0 Å². The molecule has 9 nitrogen and oxygen atoms in total. The number of carbonyl (C=O) groups excluding carboxylic acids is 2. The van der Waals surface area contributed by atoms with E-state index in [9.17, 15) is 14.0 Å². The molecular formula is C32H38FN5O4. The second kappa shape index (κ2) is 11.6. The zero-order chi connectivity index (χ0) is 30.2. The van der Waals surface area contributed by atoms with Crippen LogP contribution in [0.1, 0.15) is 69.0 Å². The van der Waals surface area contributed by atoms with Crippen molar-refractivity contribution in [2.45, 2.75) is 78.5 Å². The summed E-state index contributed by atoms with van der Waals surface area (Å²) in [6.45, 7) is 12.7. The van der Waals surface area contributed by atoms with Crippen molar-refractivity contribution in [3.8, 4) is 5.75 Å². The molecule has 42 heavy (non-hydrogen) atoms. The number of aromatic nitrogens is 2. The number of anilines is 3. The molecule has 2 aromatic carbocycles. The number of aryl methyl sites for hydroxylation is 1. The van der Waals surface area contributed by atoms with Gasteiger partial charge >= 0.3 is 12.1 Å². The van der Waals surface area contributed by atoms with Crippen LogP contribution in [-0.4, -0.2) is 51.7 Å². The highest BCUT2D eigenvalue weighted by Gasteiger charge is 2.38. The van der Waals surface area contributed by atoms with Crippen LogP contribution >= 0.6 is 0 Å². The quantitative estimate of drug-likeness (QED) is 0.276. The van der Waals surface area contributed by atoms with Crippen LogP contribution in [0.4, 0.5) is 26.6 Å². The summed E-state index contributed by atoms with van der Waals surface area (Å²) in [5, 5.41) is 3.19. The highest BCUT2D eigenvalue weighted by molar-refractivity contribution is 5.83. The lowest BCUT2D eigenvalue weighted by molar-refractivity contribution is -0.139. The van der Waals surface area contributed by atoms with E-state index < -0.39 is 23.7 Å². The number of rotatable bonds is 5. The van der Waals surface area contributed by atoms with Crippen LogP contribution in [0.5, 0.6) is 5.75 Å². The summed E-state index contributed by atoms with van der Waals surface area (Å²) >= 11 is 0. The maximum atomic E-state index is 13.4. The van der Waals surface area contributed by atoms with Gasteiger partial charge in [0.15, 0.2) is 0 Å². The molecule has 2 aliphatic heterocycles. The predicted octanol–water partition coefficient (Wildman–Crippen LogP) is 6.40. The molecule has 1 saturated heterocycles. The van der Waals surface area contributed by atoms with E-state index in [1.54, 1.807) is 32.9 Å². The molecule has 1 N–H and O–H groups in total. The van der Waals surface area contributed by atoms with E-state index in [0.717, 1.165) is 41.0 Å². The molecule has 2 aliphatic rings. The minimum Gasteiger partial charge on any atom is -0.444 e. The van der Waals surface area contributed by atoms with Gasteiger partial charge in [-0.15, -0.1) is 0 Å². The van der Waals surface area contributed by atoms with E-state index in [1.807, 2.05) is 32.0 Å². The van der Waals surface area contributed by atoms with E-state index >= 15 is 0 Å². The SMILES string of the molecule is Cc1nc(Nc2ccc(F)cc2)nc(N2CCc3cc(OC(=O)[C@@H]4CCCN4C(=O)OC(C)(C)C)ccc3C2C)c1C. The van der Waals surface area contributed by atoms with Gasteiger partial charge in [-0.3, -0.25) is 4.90 Å². The molecule has 2 atom stereocenters. The Hall–Kier alpha value is -4.21. The highest BCUT2D eigenvalue weighted by Crippen LogP contribution is 2.37. The van der Waals surface area contributed by atoms with Crippen molar-refractivity contribution in [2.24, 2.45) is 0 Å². The van der Waals surface area contributed by atoms with Gasteiger partial charge in [-0.1, -0.05) is 6.07 Å². The zero-order valence-corrected chi connectivity index (χ0v) is 25.0. The van der Waals surface area contributed by atoms with Gasteiger partial charge < -0.3 is 19.7 Å². The molecule has 1 amide bonds. The van der Waals surface area contributed by atoms with Crippen LogP contribution in [0.25, 0.3) is 0 Å². The number of likely N-dealkylation sites (tertiary alicyclic amines) is 1. The summed E-state index contributed by atoms with van der Waals surface area (Å²) in [5.41, 5.74) is 4.15. The molecule has 0 aliphatic carbocycles. The lowest BCUT2D eigenvalue weighted by Gasteiger charge is -2.37. The smallest absolute Gasteiger partial charge is 0.411 e. The van der Waals surface area contributed by atoms with Gasteiger partial charge in [0.2, 0.25) is 5.95 Å². The second-order valence-electron chi connectivity index (χ2n) is 11.9. The van der Waals surface area contributed by atoms with Crippen molar-refractivity contribution in [3.63, 3.8) is 0 Å². The van der Waals surface area contributed by atoms with E-state index in [1.165, 1.54) is 17.0 Å². The minimum atomic E-state index is -0.660. The molecule has 0 saturated carbocycles. The molecule has 10 heteroatoms. The molecule has 0 spiro atoms. The highest BCUT2D eigenvalue weighted by atomic mass is 19.1. The molecule has 1 aromatic heterocycles. The number of halogens is 1. The van der Waals surface area contributed by atoms with Crippen molar-refractivity contribution in [1.29, 1.82) is 0 Å². The first-order valence-corrected chi connectivity index (χ1v) is 14.4. The number of ether oxygens (including phenoxy) is 2. The van der Waals surface area contributed by atoms with E-state index in [-0.39, 0.29) is 11.9 Å². The average molecular weight is 576 g/mol. The Morgan fingerprint density at radius 3 is 2.50 bits per heavy atom. The fourth-order valence-electron chi connectivity index (χ4n) is 5.51. The Balaban J connectivity index is 1.31. The Morgan fingerprint density at radius 1 is 1.05 bits per heavy atom. The van der Waals surface area contributed by atoms with Gasteiger partial charge in [0.25, 0.3) is 0 Å². The molecule has 3 heterocycles. The first-order valence-electron chi connectivity index (χ1n) is 14.4. The largest absolute Gasteiger partial charge is 0.444 e. The minimum absolute atomic E-state index is 0.0164. The van der Waals surface area contributed by atoms with Gasteiger partial charge in [-0.2, -0.15) is 4.98 Å². The third-order valence-electron chi connectivity index (χ3n) is 7.76. The van der Waals surface area contributed by atoms with Crippen molar-refractivity contribution >= 4 is 29.5 Å². The standard InChI is InChI=1S/C32H38FN5O4/c1-19-20(2)34-30(35-24-11-9-23(33)10-12-24)36-28(19)37-17-15-22-18-25(13-14-26(22)21(37)3)41-29(39)27-8-7-16-38(27)31(40)42-32(4,5)6/h9-14,18,21,27H,7-8,15-17H2,1-6H3,(H,34,35,36)/t21?,27-/m0/s1. The van der Waals surface area contributed by atoms with Gasteiger partial charge in [0.05, 0.1) is 6.04 Å². The topological polar surface area (TPSA) is 96.9 Å². The molecule has 3 aromatic rings. The number of nitrogens with one attached hydrogen (secondary N) is 1. The van der Waals surface area contributed by atoms with Crippen LogP contribution in [0.3, 0.4) is 0 Å². The molecule has 0 bridgehead atoms. The van der Waals surface area contributed by atoms with Crippen LogP contribution in [0.15, 0.2) is 42.5 Å². The summed E-state index contributed by atoms with van der Waals surface area (Å²) in [6, 6.07) is 11.2. The number of hydrogen-bond acceptors (Lipinski definition) is 8. The van der Waals surface area contributed by atoms with Gasteiger partial charge in [-0.05, 0) is 108 Å². The number of hydrogen-bond donors (Lipinski definition) is 1. The molecule has 222 valence electrons. The summed E-state index contributed by atoms with van der Waals surface area (Å²) < 4.78 is 24.6. The second-order valence-corrected chi connectivity index (χ2v) is 11.9. The first kappa shape index (κ1) is 29.3. The van der Waals surface area contributed by atoms with Crippen LogP contribution in [0, 0.1) is 19.7 Å². The summed E-state index contributed by atoms with van der Waals surface area (Å²) in [4.78, 5) is 38.9. The lowest BCUT2D eigenvalue weighted by atomic mass is 9.93. The summed E-state index contributed by atoms with van der Waals surface area (Å²) in [6.07, 6.45) is 1.51.